The average Bonchev–Trinajstić information content (AvgIpc) is 2.40. The van der Waals surface area contributed by atoms with Crippen molar-refractivity contribution in [3.63, 3.8) is 0 Å². The molecule has 1 N–H and O–H groups in total. The number of hydrogen-bond donors (Lipinski definition) is 1. The summed E-state index contributed by atoms with van der Waals surface area (Å²) in [5.41, 5.74) is 1.86. The summed E-state index contributed by atoms with van der Waals surface area (Å²) in [5.74, 6) is 0.738. The summed E-state index contributed by atoms with van der Waals surface area (Å²) in [7, 11) is 0. The number of hydrogen-bond acceptors (Lipinski definition) is 2. The lowest BCUT2D eigenvalue weighted by Gasteiger charge is -2.30. The lowest BCUT2D eigenvalue weighted by Crippen LogP contribution is -2.18. The largest absolute Gasteiger partial charge is 0.485 e. The van der Waals surface area contributed by atoms with Crippen LogP contribution in [0.5, 0.6) is 5.75 Å². The van der Waals surface area contributed by atoms with Crippen molar-refractivity contribution in [2.75, 3.05) is 0 Å². The van der Waals surface area contributed by atoms with Gasteiger partial charge in [-0.2, -0.15) is 0 Å². The molecule has 0 spiro atoms. The van der Waals surface area contributed by atoms with E-state index in [1.807, 2.05) is 42.5 Å². The second-order valence-electron chi connectivity index (χ2n) is 4.59. The minimum atomic E-state index is -0.512. The Morgan fingerprint density at radius 2 is 1.89 bits per heavy atom. The van der Waals surface area contributed by atoms with Crippen LogP contribution in [-0.2, 0) is 0 Å². The molecule has 4 heteroatoms. The van der Waals surface area contributed by atoms with Gasteiger partial charge in [-0.05, 0) is 35.9 Å². The Balaban J connectivity index is 1.92. The molecule has 19 heavy (non-hydrogen) atoms. The molecule has 2 atom stereocenters. The van der Waals surface area contributed by atoms with Crippen LogP contribution in [0.25, 0.3) is 0 Å². The van der Waals surface area contributed by atoms with Gasteiger partial charge in [-0.25, -0.2) is 0 Å². The Labute approximate surface area is 125 Å². The molecule has 0 aliphatic carbocycles. The van der Waals surface area contributed by atoms with Gasteiger partial charge in [0.15, 0.2) is 0 Å². The SMILES string of the molecule is O[C@@H]1CC(c2ccc(Cl)cc2)Oc2ccc(Br)cc21. The van der Waals surface area contributed by atoms with E-state index in [-0.39, 0.29) is 6.10 Å². The van der Waals surface area contributed by atoms with Gasteiger partial charge in [0.25, 0.3) is 0 Å². The molecule has 0 bridgehead atoms. The minimum absolute atomic E-state index is 0.138. The fraction of sp³-hybridized carbons (Fsp3) is 0.200. The molecule has 3 rings (SSSR count). The first kappa shape index (κ1) is 13.0. The van der Waals surface area contributed by atoms with Crippen LogP contribution in [0.15, 0.2) is 46.9 Å². The van der Waals surface area contributed by atoms with Crippen LogP contribution in [0.4, 0.5) is 0 Å². The fourth-order valence-corrected chi connectivity index (χ4v) is 2.80. The molecule has 0 saturated heterocycles. The third-order valence-electron chi connectivity index (χ3n) is 3.28. The van der Waals surface area contributed by atoms with Gasteiger partial charge in [0.05, 0.1) is 6.10 Å². The monoisotopic (exact) mass is 338 g/mol. The van der Waals surface area contributed by atoms with Crippen LogP contribution in [0.2, 0.25) is 5.02 Å². The quantitative estimate of drug-likeness (QED) is 0.819. The van der Waals surface area contributed by atoms with Gasteiger partial charge in [0.2, 0.25) is 0 Å². The Hall–Kier alpha value is -1.03. The third-order valence-corrected chi connectivity index (χ3v) is 4.02. The van der Waals surface area contributed by atoms with Crippen LogP contribution in [0, 0.1) is 0 Å². The van der Waals surface area contributed by atoms with Gasteiger partial charge in [-0.1, -0.05) is 39.7 Å². The number of aliphatic hydroxyl groups is 1. The van der Waals surface area contributed by atoms with E-state index in [4.69, 9.17) is 16.3 Å². The Morgan fingerprint density at radius 3 is 2.63 bits per heavy atom. The standard InChI is InChI=1S/C15H12BrClO2/c16-10-3-6-14-12(7-10)13(18)8-15(19-14)9-1-4-11(17)5-2-9/h1-7,13,15,18H,8H2/t13-,15?/m1/s1. The smallest absolute Gasteiger partial charge is 0.127 e. The zero-order chi connectivity index (χ0) is 13.4. The summed E-state index contributed by atoms with van der Waals surface area (Å²) in [6, 6.07) is 13.2. The van der Waals surface area contributed by atoms with E-state index < -0.39 is 6.10 Å². The predicted molar refractivity (Wildman–Crippen MR) is 78.5 cm³/mol. The van der Waals surface area contributed by atoms with Gasteiger partial charge in [-0.3, -0.25) is 0 Å². The van der Waals surface area contributed by atoms with Gasteiger partial charge in [0, 0.05) is 21.5 Å². The maximum absolute atomic E-state index is 10.2. The number of halogens is 2. The molecule has 1 aliphatic heterocycles. The molecular weight excluding hydrogens is 328 g/mol. The van der Waals surface area contributed by atoms with E-state index in [0.717, 1.165) is 21.3 Å². The summed E-state index contributed by atoms with van der Waals surface area (Å²) in [4.78, 5) is 0. The topological polar surface area (TPSA) is 29.5 Å². The normalized spacial score (nSPS) is 21.6. The highest BCUT2D eigenvalue weighted by Gasteiger charge is 2.28. The molecule has 0 aromatic heterocycles. The zero-order valence-corrected chi connectivity index (χ0v) is 12.4. The predicted octanol–water partition coefficient (Wildman–Crippen LogP) is 4.66. The van der Waals surface area contributed by atoms with Gasteiger partial charge in [-0.15, -0.1) is 0 Å². The van der Waals surface area contributed by atoms with Gasteiger partial charge >= 0.3 is 0 Å². The van der Waals surface area contributed by atoms with E-state index in [0.29, 0.717) is 11.4 Å². The second-order valence-corrected chi connectivity index (χ2v) is 5.94. The van der Waals surface area contributed by atoms with Gasteiger partial charge in [0.1, 0.15) is 11.9 Å². The number of benzene rings is 2. The first-order chi connectivity index (χ1) is 9.13. The van der Waals surface area contributed by atoms with Crippen LogP contribution in [-0.4, -0.2) is 5.11 Å². The van der Waals surface area contributed by atoms with Crippen molar-refractivity contribution in [2.45, 2.75) is 18.6 Å². The summed E-state index contributed by atoms with van der Waals surface area (Å²) < 4.78 is 6.90. The first-order valence-electron chi connectivity index (χ1n) is 6.03. The van der Waals surface area contributed by atoms with Crippen molar-refractivity contribution in [3.8, 4) is 5.75 Å². The van der Waals surface area contributed by atoms with E-state index in [9.17, 15) is 5.11 Å². The first-order valence-corrected chi connectivity index (χ1v) is 7.20. The molecule has 2 aromatic rings. The lowest BCUT2D eigenvalue weighted by molar-refractivity contribution is 0.0657. The molecule has 1 aliphatic rings. The fourth-order valence-electron chi connectivity index (χ4n) is 2.30. The Kier molecular flexibility index (Phi) is 3.52. The number of aliphatic hydroxyl groups excluding tert-OH is 1. The molecule has 0 amide bonds. The van der Waals surface area contributed by atoms with Gasteiger partial charge < -0.3 is 9.84 Å². The molecular formula is C15H12BrClO2. The molecule has 98 valence electrons. The van der Waals surface area contributed by atoms with E-state index in [1.54, 1.807) is 0 Å². The highest BCUT2D eigenvalue weighted by molar-refractivity contribution is 9.10. The summed E-state index contributed by atoms with van der Waals surface area (Å²) >= 11 is 9.29. The molecule has 2 nitrogen and oxygen atoms in total. The van der Waals surface area contributed by atoms with Crippen molar-refractivity contribution in [3.05, 3.63) is 63.1 Å². The number of rotatable bonds is 1. The minimum Gasteiger partial charge on any atom is -0.485 e. The Bertz CT molecular complexity index is 598. The van der Waals surface area contributed by atoms with Crippen LogP contribution in [0.3, 0.4) is 0 Å². The van der Waals surface area contributed by atoms with Crippen molar-refractivity contribution >= 4 is 27.5 Å². The maximum Gasteiger partial charge on any atom is 0.127 e. The number of fused-ring (bicyclic) bond motifs is 1. The molecule has 2 aromatic carbocycles. The highest BCUT2D eigenvalue weighted by Crippen LogP contribution is 2.41. The molecule has 0 radical (unpaired) electrons. The maximum atomic E-state index is 10.2. The van der Waals surface area contributed by atoms with Crippen LogP contribution < -0.4 is 4.74 Å². The summed E-state index contributed by atoms with van der Waals surface area (Å²) in [5, 5.41) is 10.9. The van der Waals surface area contributed by atoms with E-state index in [1.165, 1.54) is 0 Å². The third kappa shape index (κ3) is 2.64. The van der Waals surface area contributed by atoms with E-state index in [2.05, 4.69) is 15.9 Å². The van der Waals surface area contributed by atoms with Crippen LogP contribution in [0.1, 0.15) is 29.8 Å². The summed E-state index contributed by atoms with van der Waals surface area (Å²) in [6.45, 7) is 0. The average molecular weight is 340 g/mol. The van der Waals surface area contributed by atoms with Crippen LogP contribution >= 0.6 is 27.5 Å². The molecule has 1 unspecified atom stereocenters. The van der Waals surface area contributed by atoms with E-state index >= 15 is 0 Å². The highest BCUT2D eigenvalue weighted by atomic mass is 79.9. The van der Waals surface area contributed by atoms with Crippen molar-refractivity contribution in [1.82, 2.24) is 0 Å². The number of ether oxygens (including phenoxy) is 1. The Morgan fingerprint density at radius 1 is 1.16 bits per heavy atom. The molecule has 0 fully saturated rings. The van der Waals surface area contributed by atoms with Crippen molar-refractivity contribution in [1.29, 1.82) is 0 Å². The summed E-state index contributed by atoms with van der Waals surface area (Å²) in [6.07, 6.45) is -0.103. The zero-order valence-electron chi connectivity index (χ0n) is 10.0. The second kappa shape index (κ2) is 5.16. The van der Waals surface area contributed by atoms with Crippen molar-refractivity contribution in [2.24, 2.45) is 0 Å². The molecule has 1 heterocycles. The molecule has 0 saturated carbocycles. The van der Waals surface area contributed by atoms with Crippen molar-refractivity contribution < 1.29 is 9.84 Å². The lowest BCUT2D eigenvalue weighted by atomic mass is 9.95.